The summed E-state index contributed by atoms with van der Waals surface area (Å²) in [7, 11) is 3.79. The zero-order valence-electron chi connectivity index (χ0n) is 14.6. The molecular weight excluding hydrogens is 337 g/mol. The third-order valence-corrected chi connectivity index (χ3v) is 4.19. The summed E-state index contributed by atoms with van der Waals surface area (Å²) in [4.78, 5) is 26.5. The quantitative estimate of drug-likeness (QED) is 0.892. The van der Waals surface area contributed by atoms with E-state index in [1.165, 1.54) is 11.0 Å². The first kappa shape index (κ1) is 17.9. The average Bonchev–Trinajstić information content (AvgIpc) is 2.94. The molecule has 0 spiro atoms. The summed E-state index contributed by atoms with van der Waals surface area (Å²) in [5.74, 6) is -0.995. The smallest absolute Gasteiger partial charge is 0.414 e. The molecule has 2 amide bonds. The standard InChI is InChI=1S/C19H20FN3O3/c1-22(2)10-15-11-23(19(25)26-15)14-7-8-16(17(20)9-14)12-3-5-13(6-4-12)18(21)24/h3-9,15H,10-11H2,1-2H3,(H2,21,24)/t15-/m1/s1. The maximum atomic E-state index is 14.6. The Bertz CT molecular complexity index is 836. The van der Waals surface area contributed by atoms with Crippen LogP contribution in [0.1, 0.15) is 10.4 Å². The first-order valence-electron chi connectivity index (χ1n) is 8.18. The number of halogens is 1. The average molecular weight is 357 g/mol. The monoisotopic (exact) mass is 357 g/mol. The van der Waals surface area contributed by atoms with Crippen molar-refractivity contribution in [2.45, 2.75) is 6.10 Å². The van der Waals surface area contributed by atoms with Crippen molar-refractivity contribution in [1.29, 1.82) is 0 Å². The Hall–Kier alpha value is -2.93. The number of carbonyl (C=O) groups excluding carboxylic acids is 2. The van der Waals surface area contributed by atoms with Crippen molar-refractivity contribution in [1.82, 2.24) is 4.90 Å². The van der Waals surface area contributed by atoms with E-state index in [0.717, 1.165) is 0 Å². The molecule has 0 bridgehead atoms. The van der Waals surface area contributed by atoms with Gasteiger partial charge in [-0.1, -0.05) is 12.1 Å². The third kappa shape index (κ3) is 3.67. The molecule has 1 heterocycles. The summed E-state index contributed by atoms with van der Waals surface area (Å²) in [6, 6.07) is 11.0. The van der Waals surface area contributed by atoms with Crippen molar-refractivity contribution >= 4 is 17.7 Å². The lowest BCUT2D eigenvalue weighted by Crippen LogP contribution is -2.30. The summed E-state index contributed by atoms with van der Waals surface area (Å²) in [5.41, 5.74) is 7.02. The highest BCUT2D eigenvalue weighted by Crippen LogP contribution is 2.29. The molecule has 1 aliphatic rings. The number of cyclic esters (lactones) is 1. The van der Waals surface area contributed by atoms with Crippen LogP contribution in [-0.2, 0) is 4.74 Å². The lowest BCUT2D eigenvalue weighted by atomic mass is 10.0. The predicted octanol–water partition coefficient (Wildman–Crippen LogP) is 2.48. The summed E-state index contributed by atoms with van der Waals surface area (Å²) in [6.07, 6.45) is -0.726. The van der Waals surface area contributed by atoms with E-state index in [4.69, 9.17) is 10.5 Å². The van der Waals surface area contributed by atoms with E-state index < -0.39 is 17.8 Å². The number of hydrogen-bond acceptors (Lipinski definition) is 4. The molecule has 26 heavy (non-hydrogen) atoms. The van der Waals surface area contributed by atoms with Crippen molar-refractivity contribution in [3.05, 3.63) is 53.8 Å². The van der Waals surface area contributed by atoms with Gasteiger partial charge in [0.2, 0.25) is 5.91 Å². The molecule has 1 atom stereocenters. The number of amides is 2. The number of likely N-dealkylation sites (N-methyl/N-ethyl adjacent to an activating group) is 1. The van der Waals surface area contributed by atoms with E-state index in [9.17, 15) is 14.0 Å². The van der Waals surface area contributed by atoms with Crippen LogP contribution in [0, 0.1) is 5.82 Å². The molecule has 2 aromatic rings. The van der Waals surface area contributed by atoms with Crippen LogP contribution in [-0.4, -0.2) is 50.2 Å². The van der Waals surface area contributed by atoms with E-state index in [0.29, 0.717) is 35.5 Å². The minimum atomic E-state index is -0.535. The maximum absolute atomic E-state index is 14.6. The van der Waals surface area contributed by atoms with Gasteiger partial charge in [-0.25, -0.2) is 9.18 Å². The summed E-state index contributed by atoms with van der Waals surface area (Å²) in [6.45, 7) is 0.984. The number of rotatable bonds is 5. The van der Waals surface area contributed by atoms with Gasteiger partial charge in [0.1, 0.15) is 11.9 Å². The highest BCUT2D eigenvalue weighted by molar-refractivity contribution is 5.93. The van der Waals surface area contributed by atoms with Crippen LogP contribution in [0.15, 0.2) is 42.5 Å². The maximum Gasteiger partial charge on any atom is 0.414 e. The second-order valence-corrected chi connectivity index (χ2v) is 6.48. The number of nitrogens with zero attached hydrogens (tertiary/aromatic N) is 2. The van der Waals surface area contributed by atoms with Gasteiger partial charge in [-0.15, -0.1) is 0 Å². The second kappa shape index (κ2) is 7.13. The van der Waals surface area contributed by atoms with Crippen LogP contribution < -0.4 is 10.6 Å². The van der Waals surface area contributed by atoms with Crippen molar-refractivity contribution < 1.29 is 18.7 Å². The Morgan fingerprint density at radius 1 is 1.27 bits per heavy atom. The summed E-state index contributed by atoms with van der Waals surface area (Å²) in [5, 5.41) is 0. The van der Waals surface area contributed by atoms with Crippen molar-refractivity contribution in [2.24, 2.45) is 5.73 Å². The molecule has 1 fully saturated rings. The molecule has 2 N–H and O–H groups in total. The van der Waals surface area contributed by atoms with Gasteiger partial charge >= 0.3 is 6.09 Å². The van der Waals surface area contributed by atoms with Gasteiger partial charge in [0.25, 0.3) is 0 Å². The van der Waals surface area contributed by atoms with Crippen LogP contribution in [0.5, 0.6) is 0 Å². The fourth-order valence-electron chi connectivity index (χ4n) is 2.95. The molecule has 0 aromatic heterocycles. The zero-order valence-corrected chi connectivity index (χ0v) is 14.6. The minimum absolute atomic E-state index is 0.249. The van der Waals surface area contributed by atoms with E-state index in [1.807, 2.05) is 19.0 Å². The van der Waals surface area contributed by atoms with Gasteiger partial charge in [0.15, 0.2) is 0 Å². The van der Waals surface area contributed by atoms with Gasteiger partial charge in [-0.2, -0.15) is 0 Å². The van der Waals surface area contributed by atoms with E-state index in [2.05, 4.69) is 0 Å². The molecule has 3 rings (SSSR count). The van der Waals surface area contributed by atoms with Crippen molar-refractivity contribution in [3.63, 3.8) is 0 Å². The number of hydrogen-bond donors (Lipinski definition) is 1. The molecule has 1 aliphatic heterocycles. The molecule has 0 saturated carbocycles. The predicted molar refractivity (Wildman–Crippen MR) is 96.5 cm³/mol. The van der Waals surface area contributed by atoms with Gasteiger partial charge in [0.05, 0.1) is 12.2 Å². The number of primary amides is 1. The first-order chi connectivity index (χ1) is 12.3. The number of anilines is 1. The number of nitrogens with two attached hydrogens (primary N) is 1. The summed E-state index contributed by atoms with van der Waals surface area (Å²) < 4.78 is 19.9. The number of ether oxygens (including phenoxy) is 1. The molecule has 136 valence electrons. The zero-order chi connectivity index (χ0) is 18.8. The topological polar surface area (TPSA) is 75.9 Å². The van der Waals surface area contributed by atoms with Crippen molar-refractivity contribution in [2.75, 3.05) is 32.1 Å². The largest absolute Gasteiger partial charge is 0.443 e. The van der Waals surface area contributed by atoms with Crippen LogP contribution in [0.4, 0.5) is 14.9 Å². The summed E-state index contributed by atoms with van der Waals surface area (Å²) >= 11 is 0. The fraction of sp³-hybridized carbons (Fsp3) is 0.263. The highest BCUT2D eigenvalue weighted by atomic mass is 19.1. The molecule has 0 aliphatic carbocycles. The Balaban J connectivity index is 1.81. The highest BCUT2D eigenvalue weighted by Gasteiger charge is 2.32. The van der Waals surface area contributed by atoms with Crippen LogP contribution >= 0.6 is 0 Å². The van der Waals surface area contributed by atoms with E-state index >= 15 is 0 Å². The van der Waals surface area contributed by atoms with Crippen LogP contribution in [0.25, 0.3) is 11.1 Å². The Morgan fingerprint density at radius 2 is 1.96 bits per heavy atom. The lowest BCUT2D eigenvalue weighted by molar-refractivity contribution is 0.1000. The van der Waals surface area contributed by atoms with E-state index in [1.54, 1.807) is 36.4 Å². The minimum Gasteiger partial charge on any atom is -0.443 e. The number of benzene rings is 2. The third-order valence-electron chi connectivity index (χ3n) is 4.19. The van der Waals surface area contributed by atoms with Crippen LogP contribution in [0.3, 0.4) is 0 Å². The second-order valence-electron chi connectivity index (χ2n) is 6.48. The molecule has 0 unspecified atom stereocenters. The van der Waals surface area contributed by atoms with Gasteiger partial charge in [0, 0.05) is 17.7 Å². The van der Waals surface area contributed by atoms with Crippen molar-refractivity contribution in [3.8, 4) is 11.1 Å². The molecule has 1 saturated heterocycles. The number of carbonyl (C=O) groups is 2. The van der Waals surface area contributed by atoms with Gasteiger partial charge in [-0.05, 0) is 50.0 Å². The van der Waals surface area contributed by atoms with Crippen LogP contribution in [0.2, 0.25) is 0 Å². The molecule has 2 aromatic carbocycles. The molecule has 0 radical (unpaired) electrons. The Morgan fingerprint density at radius 3 is 2.54 bits per heavy atom. The van der Waals surface area contributed by atoms with E-state index in [-0.39, 0.29) is 6.10 Å². The molecule has 7 heteroatoms. The Labute approximate surface area is 150 Å². The van der Waals surface area contributed by atoms with Gasteiger partial charge < -0.3 is 15.4 Å². The lowest BCUT2D eigenvalue weighted by Gasteiger charge is -2.16. The first-order valence-corrected chi connectivity index (χ1v) is 8.18. The Kier molecular flexibility index (Phi) is 4.90. The SMILES string of the molecule is CN(C)C[C@@H]1CN(c2ccc(-c3ccc(C(N)=O)cc3)c(F)c2)C(=O)O1. The fourth-order valence-corrected chi connectivity index (χ4v) is 2.95. The molecular formula is C19H20FN3O3. The normalized spacial score (nSPS) is 16.8. The molecule has 6 nitrogen and oxygen atoms in total. The van der Waals surface area contributed by atoms with Gasteiger partial charge in [-0.3, -0.25) is 9.69 Å².